The molecule has 0 saturated carbocycles. The Labute approximate surface area is 131 Å². The van der Waals surface area contributed by atoms with Crippen molar-refractivity contribution in [2.24, 2.45) is 0 Å². The molecule has 2 N–H and O–H groups in total. The molecule has 0 aliphatic carbocycles. The summed E-state index contributed by atoms with van der Waals surface area (Å²) >= 11 is 0. The van der Waals surface area contributed by atoms with E-state index >= 15 is 0 Å². The first-order valence-electron chi connectivity index (χ1n) is 7.52. The smallest absolute Gasteiger partial charge is 0.279 e. The second kappa shape index (κ2) is 7.47. The lowest BCUT2D eigenvalue weighted by atomic mass is 10.2. The van der Waals surface area contributed by atoms with Crippen LogP contribution in [0.1, 0.15) is 13.8 Å². The number of hydrogen-bond acceptors (Lipinski definition) is 4. The molecule has 0 aromatic heterocycles. The first kappa shape index (κ1) is 16.6. The molecule has 1 aromatic rings. The molecule has 1 heterocycles. The second-order valence-corrected chi connectivity index (χ2v) is 5.71. The van der Waals surface area contributed by atoms with Crippen LogP contribution in [0.2, 0.25) is 0 Å². The lowest BCUT2D eigenvalue weighted by Crippen LogP contribution is -3.16. The molecule has 0 spiro atoms. The number of hydrogen-bond donors (Lipinski definition) is 2. The second-order valence-electron chi connectivity index (χ2n) is 5.71. The third-order valence-corrected chi connectivity index (χ3v) is 3.69. The van der Waals surface area contributed by atoms with Gasteiger partial charge < -0.3 is 24.4 Å². The van der Waals surface area contributed by atoms with Crippen molar-refractivity contribution in [2.45, 2.75) is 26.1 Å². The summed E-state index contributed by atoms with van der Waals surface area (Å²) in [6.07, 6.45) is 0.375. The van der Waals surface area contributed by atoms with Crippen LogP contribution < -0.4 is 19.7 Å². The van der Waals surface area contributed by atoms with Gasteiger partial charge in [-0.2, -0.15) is 0 Å². The van der Waals surface area contributed by atoms with Crippen LogP contribution in [-0.2, 0) is 9.53 Å². The van der Waals surface area contributed by atoms with Gasteiger partial charge in [0.15, 0.2) is 18.0 Å². The van der Waals surface area contributed by atoms with Crippen molar-refractivity contribution in [2.75, 3.05) is 39.2 Å². The van der Waals surface area contributed by atoms with Gasteiger partial charge >= 0.3 is 0 Å². The molecule has 1 saturated heterocycles. The van der Waals surface area contributed by atoms with Gasteiger partial charge in [-0.15, -0.1) is 0 Å². The summed E-state index contributed by atoms with van der Waals surface area (Å²) in [5.41, 5.74) is 0.705. The Hall–Kier alpha value is -1.79. The number of nitrogens with one attached hydrogen (secondary N) is 2. The van der Waals surface area contributed by atoms with E-state index in [1.54, 1.807) is 32.4 Å². The zero-order chi connectivity index (χ0) is 16.1. The fourth-order valence-electron chi connectivity index (χ4n) is 2.88. The van der Waals surface area contributed by atoms with Gasteiger partial charge in [-0.05, 0) is 26.0 Å². The fraction of sp³-hybridized carbons (Fsp3) is 0.562. The summed E-state index contributed by atoms with van der Waals surface area (Å²) < 4.78 is 16.1. The SMILES string of the molecule is COc1ccc(NC(=O)C[NH+]2C[C@@H](C)O[C@H](C)C2)cc1OC. The molecule has 22 heavy (non-hydrogen) atoms. The van der Waals surface area contributed by atoms with Gasteiger partial charge in [0.25, 0.3) is 5.91 Å². The maximum atomic E-state index is 12.2. The summed E-state index contributed by atoms with van der Waals surface area (Å²) in [5, 5.41) is 2.91. The standard InChI is InChI=1S/C16H24N2O4/c1-11-8-18(9-12(2)22-11)10-16(19)17-13-5-6-14(20-3)15(7-13)21-4/h5-7,11-12H,8-10H2,1-4H3,(H,17,19)/p+1/t11-,12-/m1/s1. The minimum Gasteiger partial charge on any atom is -0.493 e. The molecule has 6 heteroatoms. The van der Waals surface area contributed by atoms with Crippen LogP contribution in [0.3, 0.4) is 0 Å². The zero-order valence-electron chi connectivity index (χ0n) is 13.6. The molecular weight excluding hydrogens is 284 g/mol. The summed E-state index contributed by atoms with van der Waals surface area (Å²) in [4.78, 5) is 13.4. The highest BCUT2D eigenvalue weighted by Gasteiger charge is 2.27. The fourth-order valence-corrected chi connectivity index (χ4v) is 2.88. The molecule has 1 aromatic carbocycles. The van der Waals surface area contributed by atoms with Gasteiger partial charge in [0.2, 0.25) is 0 Å². The van der Waals surface area contributed by atoms with E-state index in [9.17, 15) is 4.79 Å². The number of benzene rings is 1. The van der Waals surface area contributed by atoms with Crippen molar-refractivity contribution in [1.82, 2.24) is 0 Å². The quantitative estimate of drug-likeness (QED) is 0.823. The molecule has 1 amide bonds. The van der Waals surface area contributed by atoms with Gasteiger partial charge in [-0.25, -0.2) is 0 Å². The topological polar surface area (TPSA) is 61.2 Å². The molecule has 2 atom stereocenters. The summed E-state index contributed by atoms with van der Waals surface area (Å²) in [5.74, 6) is 1.23. The number of ether oxygens (including phenoxy) is 3. The number of morpholine rings is 1. The molecule has 0 unspecified atom stereocenters. The molecule has 122 valence electrons. The van der Waals surface area contributed by atoms with Gasteiger partial charge in [0.05, 0.1) is 14.2 Å². The lowest BCUT2D eigenvalue weighted by molar-refractivity contribution is -0.907. The predicted octanol–water partition coefficient (Wildman–Crippen LogP) is 0.334. The number of anilines is 1. The van der Waals surface area contributed by atoms with Crippen molar-refractivity contribution in [3.8, 4) is 11.5 Å². The Morgan fingerprint density at radius 2 is 1.86 bits per heavy atom. The number of carbonyl (C=O) groups is 1. The maximum absolute atomic E-state index is 12.2. The Morgan fingerprint density at radius 3 is 2.45 bits per heavy atom. The number of methoxy groups -OCH3 is 2. The van der Waals surface area contributed by atoms with Gasteiger partial charge in [0, 0.05) is 11.8 Å². The highest BCUT2D eigenvalue weighted by molar-refractivity contribution is 5.91. The number of amides is 1. The average Bonchev–Trinajstić information content (AvgIpc) is 2.45. The third-order valence-electron chi connectivity index (χ3n) is 3.69. The Bertz CT molecular complexity index is 511. The van der Waals surface area contributed by atoms with Crippen molar-refractivity contribution in [3.05, 3.63) is 18.2 Å². The van der Waals surface area contributed by atoms with Crippen molar-refractivity contribution in [3.63, 3.8) is 0 Å². The van der Waals surface area contributed by atoms with E-state index in [2.05, 4.69) is 5.32 Å². The predicted molar refractivity (Wildman–Crippen MR) is 83.7 cm³/mol. The normalized spacial score (nSPS) is 24.6. The van der Waals surface area contributed by atoms with E-state index in [1.165, 1.54) is 4.90 Å². The van der Waals surface area contributed by atoms with Crippen molar-refractivity contribution < 1.29 is 23.9 Å². The van der Waals surface area contributed by atoms with Crippen LogP contribution in [0.4, 0.5) is 5.69 Å². The minimum atomic E-state index is -0.0106. The van der Waals surface area contributed by atoms with Crippen LogP contribution in [0, 0.1) is 0 Å². The lowest BCUT2D eigenvalue weighted by Gasteiger charge is -2.31. The van der Waals surface area contributed by atoms with E-state index in [-0.39, 0.29) is 18.1 Å². The number of carbonyl (C=O) groups excluding carboxylic acids is 1. The minimum absolute atomic E-state index is 0.0106. The first-order chi connectivity index (χ1) is 10.5. The third kappa shape index (κ3) is 4.35. The number of rotatable bonds is 5. The molecule has 1 aliphatic heterocycles. The first-order valence-corrected chi connectivity index (χ1v) is 7.52. The number of quaternary nitrogens is 1. The summed E-state index contributed by atoms with van der Waals surface area (Å²) in [6, 6.07) is 5.34. The Morgan fingerprint density at radius 1 is 1.23 bits per heavy atom. The highest BCUT2D eigenvalue weighted by atomic mass is 16.5. The maximum Gasteiger partial charge on any atom is 0.279 e. The zero-order valence-corrected chi connectivity index (χ0v) is 13.6. The molecule has 0 bridgehead atoms. The highest BCUT2D eigenvalue weighted by Crippen LogP contribution is 2.29. The van der Waals surface area contributed by atoms with E-state index in [1.807, 2.05) is 13.8 Å². The van der Waals surface area contributed by atoms with Gasteiger partial charge in [0.1, 0.15) is 25.3 Å². The summed E-state index contributed by atoms with van der Waals surface area (Å²) in [6.45, 7) is 6.23. The molecular formula is C16H25N2O4+. The van der Waals surface area contributed by atoms with Crippen molar-refractivity contribution >= 4 is 11.6 Å². The van der Waals surface area contributed by atoms with Gasteiger partial charge in [-0.1, -0.05) is 0 Å². The van der Waals surface area contributed by atoms with E-state index in [0.29, 0.717) is 23.7 Å². The monoisotopic (exact) mass is 309 g/mol. The Balaban J connectivity index is 1.94. The largest absolute Gasteiger partial charge is 0.493 e. The van der Waals surface area contributed by atoms with Crippen LogP contribution in [0.5, 0.6) is 11.5 Å². The summed E-state index contributed by atoms with van der Waals surface area (Å²) in [7, 11) is 3.16. The van der Waals surface area contributed by atoms with E-state index in [4.69, 9.17) is 14.2 Å². The molecule has 1 fully saturated rings. The molecule has 0 radical (unpaired) electrons. The van der Waals surface area contributed by atoms with Crippen molar-refractivity contribution in [1.29, 1.82) is 0 Å². The van der Waals surface area contributed by atoms with Crippen LogP contribution in [-0.4, -0.2) is 52.0 Å². The molecule has 1 aliphatic rings. The molecule has 6 nitrogen and oxygen atoms in total. The average molecular weight is 309 g/mol. The Kier molecular flexibility index (Phi) is 5.63. The molecule has 2 rings (SSSR count). The van der Waals surface area contributed by atoms with Crippen LogP contribution in [0.15, 0.2) is 18.2 Å². The van der Waals surface area contributed by atoms with Crippen LogP contribution >= 0.6 is 0 Å². The van der Waals surface area contributed by atoms with E-state index < -0.39 is 0 Å². The van der Waals surface area contributed by atoms with Gasteiger partial charge in [-0.3, -0.25) is 4.79 Å². The van der Waals surface area contributed by atoms with Crippen LogP contribution in [0.25, 0.3) is 0 Å². The van der Waals surface area contributed by atoms with E-state index in [0.717, 1.165) is 13.1 Å².